The molecule has 5 nitrogen and oxygen atoms in total. The average molecular weight is 306 g/mol. The van der Waals surface area contributed by atoms with E-state index in [9.17, 15) is 5.11 Å². The molecule has 0 fully saturated rings. The first kappa shape index (κ1) is 13.1. The molecule has 116 valence electrons. The predicted octanol–water partition coefficient (Wildman–Crippen LogP) is 2.48. The highest BCUT2D eigenvalue weighted by molar-refractivity contribution is 5.69. The zero-order chi connectivity index (χ0) is 15.6. The Balaban J connectivity index is 1.63. The minimum Gasteiger partial charge on any atom is -0.388 e. The maximum Gasteiger partial charge on any atom is 0.0956 e. The van der Waals surface area contributed by atoms with E-state index >= 15 is 0 Å². The summed E-state index contributed by atoms with van der Waals surface area (Å²) in [5, 5.41) is 15.5. The lowest BCUT2D eigenvalue weighted by molar-refractivity contribution is 0.0718. The van der Waals surface area contributed by atoms with Crippen LogP contribution in [0, 0.1) is 5.92 Å². The summed E-state index contributed by atoms with van der Waals surface area (Å²) in [7, 11) is 1.92. The van der Waals surface area contributed by atoms with Crippen LogP contribution in [0.3, 0.4) is 0 Å². The molecule has 3 heterocycles. The van der Waals surface area contributed by atoms with E-state index in [0.717, 1.165) is 29.8 Å². The summed E-state index contributed by atoms with van der Waals surface area (Å²) in [5.41, 5.74) is 5.69. The van der Waals surface area contributed by atoms with Crippen molar-refractivity contribution in [3.63, 3.8) is 0 Å². The number of rotatable bonds is 1. The number of aliphatic hydroxyl groups is 1. The Morgan fingerprint density at radius 2 is 2.09 bits per heavy atom. The molecule has 23 heavy (non-hydrogen) atoms. The van der Waals surface area contributed by atoms with E-state index in [4.69, 9.17) is 0 Å². The molecule has 2 aliphatic rings. The molecule has 2 aromatic heterocycles. The zero-order valence-corrected chi connectivity index (χ0v) is 12.9. The van der Waals surface area contributed by atoms with Gasteiger partial charge in [-0.3, -0.25) is 4.68 Å². The van der Waals surface area contributed by atoms with Crippen LogP contribution in [-0.2, 0) is 13.5 Å². The van der Waals surface area contributed by atoms with Gasteiger partial charge in [0.05, 0.1) is 36.1 Å². The molecule has 5 rings (SSSR count). The summed E-state index contributed by atoms with van der Waals surface area (Å²) in [6.45, 7) is 0. The van der Waals surface area contributed by atoms with Crippen LogP contribution in [0.4, 0.5) is 0 Å². The van der Waals surface area contributed by atoms with Crippen molar-refractivity contribution in [3.05, 3.63) is 59.8 Å². The second-order valence-corrected chi connectivity index (χ2v) is 6.57. The van der Waals surface area contributed by atoms with Gasteiger partial charge in [-0.05, 0) is 18.4 Å². The molecule has 1 aliphatic heterocycles. The molecule has 3 atom stereocenters. The maximum atomic E-state index is 11.0. The SMILES string of the molecule is Cn1cc2c(n1)CC[C@H]([C@@H]1c3ccccc3-c3cncn31)[C@H]2O. The number of hydrogen-bond acceptors (Lipinski definition) is 3. The minimum atomic E-state index is -0.487. The van der Waals surface area contributed by atoms with Crippen molar-refractivity contribution in [2.45, 2.75) is 25.0 Å². The van der Waals surface area contributed by atoms with Crippen molar-refractivity contribution < 1.29 is 5.11 Å². The van der Waals surface area contributed by atoms with Gasteiger partial charge in [0, 0.05) is 30.3 Å². The van der Waals surface area contributed by atoms with Crippen molar-refractivity contribution in [2.75, 3.05) is 0 Å². The predicted molar refractivity (Wildman–Crippen MR) is 85.8 cm³/mol. The minimum absolute atomic E-state index is 0.142. The first-order valence-electron chi connectivity index (χ1n) is 8.05. The molecule has 1 aromatic carbocycles. The lowest BCUT2D eigenvalue weighted by atomic mass is 9.78. The summed E-state index contributed by atoms with van der Waals surface area (Å²) in [4.78, 5) is 4.33. The van der Waals surface area contributed by atoms with Gasteiger partial charge in [-0.25, -0.2) is 4.98 Å². The Labute approximate surface area is 134 Å². The molecular formula is C18H18N4O. The largest absolute Gasteiger partial charge is 0.388 e. The number of fused-ring (bicyclic) bond motifs is 4. The lowest BCUT2D eigenvalue weighted by Gasteiger charge is -2.33. The summed E-state index contributed by atoms with van der Waals surface area (Å²) in [5.74, 6) is 0.142. The number of aryl methyl sites for hydroxylation is 2. The Hall–Kier alpha value is -2.40. The standard InChI is InChI=1S/C18H18N4O/c1-21-9-14-15(20-21)7-6-13(18(14)23)17-12-5-3-2-4-11(12)16-8-19-10-22(16)17/h2-5,8-10,13,17-18,23H,6-7H2,1H3/t13-,17+,18-/m1/s1. The molecule has 0 bridgehead atoms. The zero-order valence-electron chi connectivity index (χ0n) is 12.9. The van der Waals surface area contributed by atoms with E-state index in [1.54, 1.807) is 0 Å². The van der Waals surface area contributed by atoms with Gasteiger partial charge in [0.2, 0.25) is 0 Å². The molecule has 1 N–H and O–H groups in total. The summed E-state index contributed by atoms with van der Waals surface area (Å²) in [6.07, 6.45) is 7.14. The molecule has 0 saturated heterocycles. The number of nitrogens with zero attached hydrogens (tertiary/aromatic N) is 4. The van der Waals surface area contributed by atoms with Crippen LogP contribution in [0.2, 0.25) is 0 Å². The molecule has 0 unspecified atom stereocenters. The van der Waals surface area contributed by atoms with Crippen LogP contribution in [0.5, 0.6) is 0 Å². The van der Waals surface area contributed by atoms with Crippen molar-refractivity contribution in [2.24, 2.45) is 13.0 Å². The normalized spacial score (nSPS) is 25.0. The second-order valence-electron chi connectivity index (χ2n) is 6.57. The smallest absolute Gasteiger partial charge is 0.0956 e. The fraction of sp³-hybridized carbons (Fsp3) is 0.333. The van der Waals surface area contributed by atoms with E-state index in [1.807, 2.05) is 30.5 Å². The highest BCUT2D eigenvalue weighted by Crippen LogP contribution is 2.49. The third kappa shape index (κ3) is 1.71. The highest BCUT2D eigenvalue weighted by Gasteiger charge is 2.41. The van der Waals surface area contributed by atoms with Crippen LogP contribution < -0.4 is 0 Å². The molecule has 0 amide bonds. The van der Waals surface area contributed by atoms with Crippen LogP contribution in [0.1, 0.15) is 35.4 Å². The monoisotopic (exact) mass is 306 g/mol. The first-order valence-corrected chi connectivity index (χ1v) is 8.05. The van der Waals surface area contributed by atoms with Gasteiger partial charge in [0.15, 0.2) is 0 Å². The van der Waals surface area contributed by atoms with Crippen LogP contribution in [0.15, 0.2) is 43.0 Å². The van der Waals surface area contributed by atoms with E-state index in [1.165, 1.54) is 11.1 Å². The Morgan fingerprint density at radius 3 is 3.00 bits per heavy atom. The second kappa shape index (κ2) is 4.55. The number of benzene rings is 1. The number of aliphatic hydroxyl groups excluding tert-OH is 1. The molecule has 1 aliphatic carbocycles. The molecule has 0 radical (unpaired) electrons. The van der Waals surface area contributed by atoms with E-state index in [-0.39, 0.29) is 12.0 Å². The Bertz CT molecular complexity index is 894. The van der Waals surface area contributed by atoms with E-state index in [2.05, 4.69) is 38.9 Å². The first-order chi connectivity index (χ1) is 11.2. The maximum absolute atomic E-state index is 11.0. The van der Waals surface area contributed by atoms with Gasteiger partial charge < -0.3 is 9.67 Å². The number of imidazole rings is 1. The summed E-state index contributed by atoms with van der Waals surface area (Å²) < 4.78 is 4.03. The van der Waals surface area contributed by atoms with Crippen molar-refractivity contribution in [1.29, 1.82) is 0 Å². The van der Waals surface area contributed by atoms with Gasteiger partial charge >= 0.3 is 0 Å². The molecule has 5 heteroatoms. The van der Waals surface area contributed by atoms with Crippen LogP contribution in [-0.4, -0.2) is 24.4 Å². The van der Waals surface area contributed by atoms with Gasteiger partial charge in [-0.15, -0.1) is 0 Å². The third-order valence-corrected chi connectivity index (χ3v) is 5.30. The Morgan fingerprint density at radius 1 is 1.22 bits per heavy atom. The number of hydrogen-bond donors (Lipinski definition) is 1. The molecule has 3 aromatic rings. The van der Waals surface area contributed by atoms with Crippen molar-refractivity contribution in [1.82, 2.24) is 19.3 Å². The van der Waals surface area contributed by atoms with Crippen molar-refractivity contribution >= 4 is 0 Å². The Kier molecular flexibility index (Phi) is 2.59. The topological polar surface area (TPSA) is 55.9 Å². The summed E-state index contributed by atoms with van der Waals surface area (Å²) in [6, 6.07) is 8.62. The van der Waals surface area contributed by atoms with Crippen LogP contribution in [0.25, 0.3) is 11.3 Å². The van der Waals surface area contributed by atoms with Gasteiger partial charge in [-0.1, -0.05) is 24.3 Å². The highest BCUT2D eigenvalue weighted by atomic mass is 16.3. The summed E-state index contributed by atoms with van der Waals surface area (Å²) >= 11 is 0. The quantitative estimate of drug-likeness (QED) is 0.751. The average Bonchev–Trinajstić information content (AvgIpc) is 3.22. The number of aromatic nitrogens is 4. The van der Waals surface area contributed by atoms with Gasteiger partial charge in [-0.2, -0.15) is 5.10 Å². The fourth-order valence-electron chi connectivity index (χ4n) is 4.33. The molecule has 0 saturated carbocycles. The van der Waals surface area contributed by atoms with E-state index < -0.39 is 6.10 Å². The fourth-order valence-corrected chi connectivity index (χ4v) is 4.33. The van der Waals surface area contributed by atoms with Crippen molar-refractivity contribution in [3.8, 4) is 11.3 Å². The van der Waals surface area contributed by atoms with Crippen LogP contribution >= 0.6 is 0 Å². The lowest BCUT2D eigenvalue weighted by Crippen LogP contribution is -2.28. The molecular weight excluding hydrogens is 288 g/mol. The van der Waals surface area contributed by atoms with E-state index in [0.29, 0.717) is 0 Å². The van der Waals surface area contributed by atoms with Gasteiger partial charge in [0.1, 0.15) is 0 Å². The van der Waals surface area contributed by atoms with Gasteiger partial charge in [0.25, 0.3) is 0 Å². The third-order valence-electron chi connectivity index (χ3n) is 5.30. The molecule has 0 spiro atoms.